The smallest absolute Gasteiger partial charge is 0.233 e. The van der Waals surface area contributed by atoms with Crippen LogP contribution in [0.25, 0.3) is 22.1 Å². The predicted molar refractivity (Wildman–Crippen MR) is 117 cm³/mol. The van der Waals surface area contributed by atoms with Crippen LogP contribution in [0.4, 0.5) is 0 Å². The highest BCUT2D eigenvalue weighted by Crippen LogP contribution is 2.34. The van der Waals surface area contributed by atoms with E-state index in [-0.39, 0.29) is 11.2 Å². The highest BCUT2D eigenvalue weighted by molar-refractivity contribution is 8.00. The molecule has 0 radical (unpaired) electrons. The Morgan fingerprint density at radius 2 is 1.86 bits per heavy atom. The van der Waals surface area contributed by atoms with E-state index >= 15 is 0 Å². The van der Waals surface area contributed by atoms with Gasteiger partial charge in [-0.05, 0) is 31.0 Å². The second-order valence-electron chi connectivity index (χ2n) is 6.98. The minimum atomic E-state index is -0.297. The van der Waals surface area contributed by atoms with Crippen molar-refractivity contribution in [2.45, 2.75) is 36.5 Å². The number of nitrogens with zero attached hydrogens (tertiary/aromatic N) is 2. The summed E-state index contributed by atoms with van der Waals surface area (Å²) in [4.78, 5) is 21.4. The Labute approximate surface area is 173 Å². The van der Waals surface area contributed by atoms with Gasteiger partial charge in [0.05, 0.1) is 5.25 Å². The molecule has 1 amide bonds. The molecule has 0 aliphatic heterocycles. The number of carbonyl (C=O) groups excluding carboxylic acids is 1. The molecule has 148 valence electrons. The minimum Gasteiger partial charge on any atom is -0.451 e. The molecule has 5 nitrogen and oxygen atoms in total. The Balaban J connectivity index is 1.46. The Kier molecular flexibility index (Phi) is 5.81. The summed E-state index contributed by atoms with van der Waals surface area (Å²) in [6.45, 7) is 4.65. The van der Waals surface area contributed by atoms with E-state index < -0.39 is 0 Å². The molecule has 0 aliphatic rings. The third kappa shape index (κ3) is 4.12. The first kappa shape index (κ1) is 19.5. The summed E-state index contributed by atoms with van der Waals surface area (Å²) in [5, 5.41) is 4.44. The van der Waals surface area contributed by atoms with Crippen LogP contribution in [0.5, 0.6) is 0 Å². The topological polar surface area (TPSA) is 68.0 Å². The lowest BCUT2D eigenvalue weighted by Gasteiger charge is -2.18. The first-order chi connectivity index (χ1) is 14.2. The minimum absolute atomic E-state index is 0.00717. The summed E-state index contributed by atoms with van der Waals surface area (Å²) >= 11 is 1.39. The number of carbonyl (C=O) groups is 1. The third-order valence-corrected chi connectivity index (χ3v) is 6.15. The van der Waals surface area contributed by atoms with Crippen LogP contribution in [0.2, 0.25) is 0 Å². The molecule has 2 atom stereocenters. The van der Waals surface area contributed by atoms with Gasteiger partial charge in [-0.15, -0.1) is 0 Å². The van der Waals surface area contributed by atoms with Gasteiger partial charge in [0, 0.05) is 17.8 Å². The van der Waals surface area contributed by atoms with Crippen LogP contribution >= 0.6 is 11.8 Å². The van der Waals surface area contributed by atoms with Gasteiger partial charge in [-0.25, -0.2) is 9.97 Å². The van der Waals surface area contributed by atoms with Crippen molar-refractivity contribution in [3.63, 3.8) is 0 Å². The van der Waals surface area contributed by atoms with Crippen LogP contribution in [0, 0.1) is 0 Å². The normalized spacial score (nSPS) is 13.4. The maximum absolute atomic E-state index is 12.7. The molecular weight excluding hydrogens is 382 g/mol. The fourth-order valence-electron chi connectivity index (χ4n) is 3.40. The average Bonchev–Trinajstić information content (AvgIpc) is 3.14. The van der Waals surface area contributed by atoms with Crippen molar-refractivity contribution in [1.82, 2.24) is 15.3 Å². The Morgan fingerprint density at radius 3 is 2.66 bits per heavy atom. The number of para-hydroxylation sites is 1. The van der Waals surface area contributed by atoms with E-state index in [9.17, 15) is 4.79 Å². The van der Waals surface area contributed by atoms with Gasteiger partial charge >= 0.3 is 0 Å². The number of furan rings is 1. The average molecular weight is 406 g/mol. The number of thioether (sulfide) groups is 1. The molecule has 4 aromatic rings. The summed E-state index contributed by atoms with van der Waals surface area (Å²) in [6, 6.07) is 18.1. The second-order valence-corrected chi connectivity index (χ2v) is 8.31. The molecule has 6 heteroatoms. The van der Waals surface area contributed by atoms with Gasteiger partial charge in [-0.1, -0.05) is 61.2 Å². The molecule has 0 saturated heterocycles. The number of aromatic nitrogens is 2. The molecule has 2 aromatic carbocycles. The second kappa shape index (κ2) is 8.66. The van der Waals surface area contributed by atoms with Gasteiger partial charge in [0.15, 0.2) is 5.58 Å². The van der Waals surface area contributed by atoms with Crippen LogP contribution in [-0.2, 0) is 4.79 Å². The fraction of sp³-hybridized carbons (Fsp3) is 0.261. The summed E-state index contributed by atoms with van der Waals surface area (Å²) in [5.74, 6) is 0.297. The van der Waals surface area contributed by atoms with E-state index in [4.69, 9.17) is 4.42 Å². The number of amides is 1. The standard InChI is InChI=1S/C23H23N3O2S/c1-3-16(17-9-5-4-6-10-17)13-24-22(27)15(2)29-23-21-20(25-14-26-23)18-11-7-8-12-19(18)28-21/h4-12,14-16H,3,13H2,1-2H3,(H,24,27)/t15-,16-/m0/s1. The van der Waals surface area contributed by atoms with Crippen molar-refractivity contribution in [3.05, 3.63) is 66.5 Å². The number of hydrogen-bond acceptors (Lipinski definition) is 5. The highest BCUT2D eigenvalue weighted by atomic mass is 32.2. The molecule has 0 saturated carbocycles. The first-order valence-electron chi connectivity index (χ1n) is 9.79. The van der Waals surface area contributed by atoms with Gasteiger partial charge in [0.2, 0.25) is 5.91 Å². The van der Waals surface area contributed by atoms with E-state index in [0.717, 1.165) is 22.9 Å². The van der Waals surface area contributed by atoms with Crippen LogP contribution in [-0.4, -0.2) is 27.7 Å². The van der Waals surface area contributed by atoms with Gasteiger partial charge in [0.25, 0.3) is 0 Å². The summed E-state index contributed by atoms with van der Waals surface area (Å²) in [5.41, 5.74) is 3.43. The van der Waals surface area contributed by atoms with Crippen LogP contribution in [0.1, 0.15) is 31.7 Å². The maximum Gasteiger partial charge on any atom is 0.233 e. The van der Waals surface area contributed by atoms with Gasteiger partial charge < -0.3 is 9.73 Å². The molecule has 0 spiro atoms. The maximum atomic E-state index is 12.7. The van der Waals surface area contributed by atoms with E-state index in [1.54, 1.807) is 0 Å². The Bertz CT molecular complexity index is 1130. The molecule has 1 N–H and O–H groups in total. The molecule has 0 bridgehead atoms. The Morgan fingerprint density at radius 1 is 1.10 bits per heavy atom. The molecular formula is C23H23N3O2S. The van der Waals surface area contributed by atoms with Gasteiger partial charge in [-0.2, -0.15) is 0 Å². The summed E-state index contributed by atoms with van der Waals surface area (Å²) < 4.78 is 5.96. The summed E-state index contributed by atoms with van der Waals surface area (Å²) in [7, 11) is 0. The molecule has 0 aliphatic carbocycles. The fourth-order valence-corrected chi connectivity index (χ4v) is 4.28. The van der Waals surface area contributed by atoms with Crippen LogP contribution in [0.15, 0.2) is 70.4 Å². The molecule has 4 rings (SSSR count). The quantitative estimate of drug-likeness (QED) is 0.339. The molecule has 2 heterocycles. The number of fused-ring (bicyclic) bond motifs is 3. The zero-order valence-corrected chi connectivity index (χ0v) is 17.3. The van der Waals surface area contributed by atoms with E-state index in [1.165, 1.54) is 23.7 Å². The molecule has 0 unspecified atom stereocenters. The number of nitrogens with one attached hydrogen (secondary N) is 1. The van der Waals surface area contributed by atoms with Crippen molar-refractivity contribution in [2.75, 3.05) is 6.54 Å². The predicted octanol–water partition coefficient (Wildman–Crippen LogP) is 5.17. The molecule has 29 heavy (non-hydrogen) atoms. The van der Waals surface area contributed by atoms with Crippen molar-refractivity contribution >= 4 is 39.7 Å². The monoisotopic (exact) mass is 405 g/mol. The van der Waals surface area contributed by atoms with E-state index in [2.05, 4.69) is 34.3 Å². The van der Waals surface area contributed by atoms with Crippen LogP contribution < -0.4 is 5.32 Å². The van der Waals surface area contributed by atoms with Crippen molar-refractivity contribution in [3.8, 4) is 0 Å². The zero-order chi connectivity index (χ0) is 20.2. The van der Waals surface area contributed by atoms with Gasteiger partial charge in [-0.3, -0.25) is 4.79 Å². The van der Waals surface area contributed by atoms with E-state index in [0.29, 0.717) is 23.1 Å². The Hall–Kier alpha value is -2.86. The van der Waals surface area contributed by atoms with Crippen molar-refractivity contribution in [1.29, 1.82) is 0 Å². The van der Waals surface area contributed by atoms with Crippen molar-refractivity contribution < 1.29 is 9.21 Å². The van der Waals surface area contributed by atoms with Crippen molar-refractivity contribution in [2.24, 2.45) is 0 Å². The van der Waals surface area contributed by atoms with Crippen LogP contribution in [0.3, 0.4) is 0 Å². The number of benzene rings is 2. The third-order valence-electron chi connectivity index (χ3n) is 5.07. The lowest BCUT2D eigenvalue weighted by Crippen LogP contribution is -2.34. The largest absolute Gasteiger partial charge is 0.451 e. The van der Waals surface area contributed by atoms with E-state index in [1.807, 2.05) is 49.4 Å². The first-order valence-corrected chi connectivity index (χ1v) is 10.7. The molecule has 2 aromatic heterocycles. The lowest BCUT2D eigenvalue weighted by atomic mass is 9.96. The number of rotatable bonds is 7. The summed E-state index contributed by atoms with van der Waals surface area (Å²) in [6.07, 6.45) is 2.50. The zero-order valence-electron chi connectivity index (χ0n) is 16.5. The van der Waals surface area contributed by atoms with Gasteiger partial charge in [0.1, 0.15) is 22.5 Å². The highest BCUT2D eigenvalue weighted by Gasteiger charge is 2.20. The molecule has 0 fully saturated rings. The SMILES string of the molecule is CC[C@@H](CNC(=O)[C@H](C)Sc1ncnc2c1oc1ccccc12)c1ccccc1. The number of hydrogen-bond donors (Lipinski definition) is 1. The lowest BCUT2D eigenvalue weighted by molar-refractivity contribution is -0.120.